The second kappa shape index (κ2) is 13.2. The zero-order valence-electron chi connectivity index (χ0n) is 19.1. The number of pyridine rings is 1. The molecule has 0 radical (unpaired) electrons. The van der Waals surface area contributed by atoms with Crippen LogP contribution < -0.4 is 10.3 Å². The molecule has 34 heavy (non-hydrogen) atoms. The van der Waals surface area contributed by atoms with E-state index in [0.29, 0.717) is 42.3 Å². The van der Waals surface area contributed by atoms with Gasteiger partial charge in [0.2, 0.25) is 0 Å². The van der Waals surface area contributed by atoms with E-state index in [1.807, 2.05) is 6.92 Å². The number of benzene rings is 1. The summed E-state index contributed by atoms with van der Waals surface area (Å²) in [6.45, 7) is 3.81. The van der Waals surface area contributed by atoms with Gasteiger partial charge in [-0.1, -0.05) is 18.2 Å². The smallest absolute Gasteiger partial charge is 0.383 e. The van der Waals surface area contributed by atoms with E-state index in [1.165, 1.54) is 24.8 Å². The molecule has 0 saturated carbocycles. The van der Waals surface area contributed by atoms with Crippen LogP contribution in [0.3, 0.4) is 0 Å². The Balaban J connectivity index is 0.000000257. The molecule has 2 aromatic heterocycles. The van der Waals surface area contributed by atoms with Crippen LogP contribution in [-0.2, 0) is 10.9 Å². The summed E-state index contributed by atoms with van der Waals surface area (Å²) in [6.07, 6.45) is 1.21. The molecule has 0 aliphatic carbocycles. The number of aromatic nitrogens is 3. The monoisotopic (exact) mass is 478 g/mol. The van der Waals surface area contributed by atoms with Gasteiger partial charge < -0.3 is 15.1 Å². The average molecular weight is 478 g/mol. The fourth-order valence-corrected chi connectivity index (χ4v) is 2.81. The molecule has 0 unspecified atom stereocenters. The van der Waals surface area contributed by atoms with E-state index in [4.69, 9.17) is 4.74 Å². The number of alkyl halides is 3. The predicted octanol–water partition coefficient (Wildman–Crippen LogP) is 4.41. The highest BCUT2D eigenvalue weighted by atomic mass is 19.4. The lowest BCUT2D eigenvalue weighted by Gasteiger charge is -2.21. The molecule has 182 valence electrons. The lowest BCUT2D eigenvalue weighted by molar-refractivity contribution is -0.137. The van der Waals surface area contributed by atoms with Crippen molar-refractivity contribution in [2.75, 3.05) is 38.8 Å². The van der Waals surface area contributed by atoms with Crippen LogP contribution in [0.4, 0.5) is 23.4 Å². The topological polar surface area (TPSA) is 75.5 Å². The molecule has 3 aromatic rings. The summed E-state index contributed by atoms with van der Waals surface area (Å²) in [6, 6.07) is 8.56. The summed E-state index contributed by atoms with van der Waals surface area (Å²) in [5.74, 6) is -0.0648. The molecule has 0 saturated heterocycles. The second-order valence-electron chi connectivity index (χ2n) is 6.80. The normalized spacial score (nSPS) is 11.1. The minimum Gasteiger partial charge on any atom is -0.383 e. The van der Waals surface area contributed by atoms with Crippen LogP contribution in [0.25, 0.3) is 11.1 Å². The van der Waals surface area contributed by atoms with Gasteiger partial charge in [0.15, 0.2) is 11.6 Å². The molecule has 7 nitrogen and oxygen atoms in total. The molecule has 3 rings (SSSR count). The number of hydrogen-bond donors (Lipinski definition) is 1. The Morgan fingerprint density at radius 3 is 2.50 bits per heavy atom. The van der Waals surface area contributed by atoms with Gasteiger partial charge in [0, 0.05) is 39.0 Å². The molecule has 0 aliphatic heterocycles. The van der Waals surface area contributed by atoms with Gasteiger partial charge in [0.1, 0.15) is 6.33 Å². The van der Waals surface area contributed by atoms with E-state index in [2.05, 4.69) is 25.5 Å². The van der Waals surface area contributed by atoms with E-state index in [9.17, 15) is 17.6 Å². The highest BCUT2D eigenvalue weighted by Gasteiger charge is 2.30. The van der Waals surface area contributed by atoms with E-state index >= 15 is 0 Å². The van der Waals surface area contributed by atoms with Crippen molar-refractivity contribution in [3.8, 4) is 11.1 Å². The van der Waals surface area contributed by atoms with Crippen molar-refractivity contribution in [3.05, 3.63) is 72.2 Å². The van der Waals surface area contributed by atoms with Gasteiger partial charge in [-0.25, -0.2) is 14.4 Å². The van der Waals surface area contributed by atoms with Gasteiger partial charge in [-0.3, -0.25) is 4.98 Å². The maximum Gasteiger partial charge on any atom is 0.416 e. The fraction of sp³-hybridized carbons (Fsp3) is 0.304. The highest BCUT2D eigenvalue weighted by Crippen LogP contribution is 2.31. The number of hydrazone groups is 1. The van der Waals surface area contributed by atoms with E-state index < -0.39 is 17.6 Å². The first kappa shape index (κ1) is 26.7. The van der Waals surface area contributed by atoms with E-state index in [1.54, 1.807) is 37.3 Å². The summed E-state index contributed by atoms with van der Waals surface area (Å²) in [5, 5.41) is 3.80. The minimum atomic E-state index is -4.34. The van der Waals surface area contributed by atoms with Crippen LogP contribution >= 0.6 is 0 Å². The second-order valence-corrected chi connectivity index (χ2v) is 6.80. The summed E-state index contributed by atoms with van der Waals surface area (Å²) in [7, 11) is 3.28. The predicted molar refractivity (Wildman–Crippen MR) is 123 cm³/mol. The van der Waals surface area contributed by atoms with Crippen LogP contribution in [0.2, 0.25) is 0 Å². The Morgan fingerprint density at radius 2 is 1.91 bits per heavy atom. The highest BCUT2D eigenvalue weighted by molar-refractivity contribution is 5.77. The average Bonchev–Trinajstić information content (AvgIpc) is 2.84. The molecule has 11 heteroatoms. The molecule has 0 bridgehead atoms. The third-order valence-electron chi connectivity index (χ3n) is 4.53. The molecule has 0 fully saturated rings. The Kier molecular flexibility index (Phi) is 10.3. The molecule has 0 spiro atoms. The number of ether oxygens (including phenoxy) is 1. The molecule has 0 atom stereocenters. The lowest BCUT2D eigenvalue weighted by atomic mass is 10.0. The molecule has 1 aromatic carbocycles. The van der Waals surface area contributed by atoms with Crippen LogP contribution in [0.15, 0.2) is 60.2 Å². The van der Waals surface area contributed by atoms with Gasteiger partial charge in [0.25, 0.3) is 0 Å². The quantitative estimate of drug-likeness (QED) is 0.294. The van der Waals surface area contributed by atoms with Gasteiger partial charge >= 0.3 is 6.18 Å². The van der Waals surface area contributed by atoms with Crippen molar-refractivity contribution in [2.24, 2.45) is 5.10 Å². The number of nitrogens with zero attached hydrogens (tertiary/aromatic N) is 5. The molecule has 0 amide bonds. The zero-order chi connectivity index (χ0) is 25.0. The van der Waals surface area contributed by atoms with Crippen molar-refractivity contribution in [1.29, 1.82) is 0 Å². The van der Waals surface area contributed by atoms with E-state index in [-0.39, 0.29) is 0 Å². The summed E-state index contributed by atoms with van der Waals surface area (Å²) >= 11 is 0. The van der Waals surface area contributed by atoms with Gasteiger partial charge in [-0.2, -0.15) is 18.3 Å². The third-order valence-corrected chi connectivity index (χ3v) is 4.53. The molecular formula is C23H26F4N6O. The number of methoxy groups -OCH3 is 1. The van der Waals surface area contributed by atoms with Crippen LogP contribution in [0, 0.1) is 5.82 Å². The van der Waals surface area contributed by atoms with Crippen molar-refractivity contribution in [2.45, 2.75) is 13.1 Å². The number of hydrogen-bond acceptors (Lipinski definition) is 7. The standard InChI is InChI=1S/C14H12F3N3.C9H14FN3O/c1-18-20-9-13-6-5-11(8-19-13)10-3-2-4-12(7-10)14(15,16)17;1-3-13(4-5-14-2)9-8(10)6-11-7-12-9/h2-9,18H,1H3;6-7H,3-5H2,1-2H3/b20-9-;. The summed E-state index contributed by atoms with van der Waals surface area (Å²) in [4.78, 5) is 13.4. The summed E-state index contributed by atoms with van der Waals surface area (Å²) < 4.78 is 56.1. The number of anilines is 1. The summed E-state index contributed by atoms with van der Waals surface area (Å²) in [5.41, 5.74) is 3.64. The van der Waals surface area contributed by atoms with Crippen molar-refractivity contribution in [1.82, 2.24) is 20.4 Å². The Hall–Kier alpha value is -3.60. The number of rotatable bonds is 8. The van der Waals surface area contributed by atoms with Crippen molar-refractivity contribution < 1.29 is 22.3 Å². The van der Waals surface area contributed by atoms with Crippen molar-refractivity contribution in [3.63, 3.8) is 0 Å². The van der Waals surface area contributed by atoms with Crippen LogP contribution in [-0.4, -0.2) is 55.0 Å². The number of halogens is 4. The maximum absolute atomic E-state index is 13.2. The zero-order valence-corrected chi connectivity index (χ0v) is 19.1. The van der Waals surface area contributed by atoms with Crippen LogP contribution in [0.5, 0.6) is 0 Å². The lowest BCUT2D eigenvalue weighted by Crippen LogP contribution is -2.28. The van der Waals surface area contributed by atoms with Gasteiger partial charge in [0.05, 0.1) is 30.3 Å². The third kappa shape index (κ3) is 8.07. The minimum absolute atomic E-state index is 0.333. The van der Waals surface area contributed by atoms with Gasteiger partial charge in [-0.15, -0.1) is 0 Å². The fourth-order valence-electron chi connectivity index (χ4n) is 2.81. The number of nitrogens with one attached hydrogen (secondary N) is 1. The molecular weight excluding hydrogens is 452 g/mol. The Morgan fingerprint density at radius 1 is 1.12 bits per heavy atom. The Bertz CT molecular complexity index is 1040. The molecule has 2 heterocycles. The first-order valence-corrected chi connectivity index (χ1v) is 10.3. The largest absolute Gasteiger partial charge is 0.416 e. The maximum atomic E-state index is 13.2. The molecule has 1 N–H and O–H groups in total. The van der Waals surface area contributed by atoms with Crippen LogP contribution in [0.1, 0.15) is 18.2 Å². The molecule has 0 aliphatic rings. The Labute approximate surface area is 195 Å². The number of likely N-dealkylation sites (N-methyl/N-ethyl adjacent to an activating group) is 1. The van der Waals surface area contributed by atoms with Gasteiger partial charge in [-0.05, 0) is 30.7 Å². The van der Waals surface area contributed by atoms with Crippen molar-refractivity contribution >= 4 is 12.0 Å². The SMILES string of the molecule is CCN(CCOC)c1ncncc1F.CN/N=C\c1ccc(-c2cccc(C(F)(F)F)c2)cn1. The first-order chi connectivity index (χ1) is 16.3. The van der Waals surface area contributed by atoms with E-state index in [0.717, 1.165) is 18.3 Å². The first-order valence-electron chi connectivity index (χ1n) is 10.3.